The van der Waals surface area contributed by atoms with Crippen LogP contribution in [0.3, 0.4) is 0 Å². The maximum atomic E-state index is 12.5. The summed E-state index contributed by atoms with van der Waals surface area (Å²) in [5.74, 6) is 0.492. The predicted octanol–water partition coefficient (Wildman–Crippen LogP) is 1.31. The number of hydrogen-bond donors (Lipinski definition) is 2. The average molecular weight is 593 g/mol. The van der Waals surface area contributed by atoms with Crippen molar-refractivity contribution in [1.82, 2.24) is 19.8 Å². The quantitative estimate of drug-likeness (QED) is 0.288. The van der Waals surface area contributed by atoms with Crippen LogP contribution >= 0.6 is 0 Å². The molecule has 2 aromatic carbocycles. The smallest absolute Gasteiger partial charge is 0.252 e. The Morgan fingerprint density at radius 2 is 1.28 bits per heavy atom. The van der Waals surface area contributed by atoms with Crippen molar-refractivity contribution in [2.45, 2.75) is 19.4 Å². The minimum atomic E-state index is -0.465. The number of methoxy groups -OCH3 is 2. The SMILES string of the molecule is CNC(=O)c1cc(=O)n(CC2OCCO2)c2cc(OC)ccc12.CNC(=O)c1cc(=O)n(CC=O)c2cc(OC)ccc12. The molecule has 2 amide bonds. The fourth-order valence-corrected chi connectivity index (χ4v) is 4.73. The first-order valence-electron chi connectivity index (χ1n) is 13.3. The molecule has 43 heavy (non-hydrogen) atoms. The zero-order valence-corrected chi connectivity index (χ0v) is 24.2. The number of carbonyl (C=O) groups excluding carboxylic acids is 3. The molecule has 0 bridgehead atoms. The van der Waals surface area contributed by atoms with Gasteiger partial charge in [0.05, 0.1) is 62.7 Å². The van der Waals surface area contributed by atoms with Gasteiger partial charge in [0.25, 0.3) is 22.9 Å². The van der Waals surface area contributed by atoms with Gasteiger partial charge in [-0.25, -0.2) is 0 Å². The van der Waals surface area contributed by atoms with Crippen LogP contribution in [0.4, 0.5) is 0 Å². The maximum absolute atomic E-state index is 12.5. The highest BCUT2D eigenvalue weighted by Gasteiger charge is 2.21. The molecule has 0 unspecified atom stereocenters. The number of benzene rings is 2. The lowest BCUT2D eigenvalue weighted by atomic mass is 10.1. The number of hydrogen-bond acceptors (Lipinski definition) is 9. The van der Waals surface area contributed by atoms with Crippen molar-refractivity contribution in [2.75, 3.05) is 41.5 Å². The fourth-order valence-electron chi connectivity index (χ4n) is 4.73. The molecule has 1 aliphatic heterocycles. The molecule has 226 valence electrons. The largest absolute Gasteiger partial charge is 0.497 e. The summed E-state index contributed by atoms with van der Waals surface area (Å²) >= 11 is 0. The molecule has 3 heterocycles. The van der Waals surface area contributed by atoms with Crippen LogP contribution in [-0.4, -0.2) is 75.1 Å². The van der Waals surface area contributed by atoms with Crippen LogP contribution in [-0.2, 0) is 27.4 Å². The van der Waals surface area contributed by atoms with Gasteiger partial charge in [0.1, 0.15) is 17.8 Å². The van der Waals surface area contributed by atoms with Gasteiger partial charge < -0.3 is 43.5 Å². The first-order chi connectivity index (χ1) is 20.8. The van der Waals surface area contributed by atoms with Crippen molar-refractivity contribution < 1.29 is 33.3 Å². The molecule has 4 aromatic rings. The summed E-state index contributed by atoms with van der Waals surface area (Å²) in [6.45, 7) is 1.21. The van der Waals surface area contributed by atoms with Crippen LogP contribution < -0.4 is 31.2 Å². The van der Waals surface area contributed by atoms with Crippen molar-refractivity contribution in [1.29, 1.82) is 0 Å². The number of nitrogens with one attached hydrogen (secondary N) is 2. The van der Waals surface area contributed by atoms with Crippen LogP contribution in [0.1, 0.15) is 20.7 Å². The molecular weight excluding hydrogens is 560 g/mol. The fraction of sp³-hybridized carbons (Fsp3) is 0.300. The van der Waals surface area contributed by atoms with Gasteiger partial charge >= 0.3 is 0 Å². The summed E-state index contributed by atoms with van der Waals surface area (Å²) in [5, 5.41) is 6.31. The average Bonchev–Trinajstić information content (AvgIpc) is 3.55. The predicted molar refractivity (Wildman–Crippen MR) is 158 cm³/mol. The Bertz CT molecular complexity index is 1790. The van der Waals surface area contributed by atoms with Gasteiger partial charge in [-0.05, 0) is 24.3 Å². The summed E-state index contributed by atoms with van der Waals surface area (Å²) in [7, 11) is 6.08. The van der Waals surface area contributed by atoms with E-state index in [4.69, 9.17) is 18.9 Å². The van der Waals surface area contributed by atoms with Crippen molar-refractivity contribution in [3.63, 3.8) is 0 Å². The molecule has 0 atom stereocenters. The van der Waals surface area contributed by atoms with Gasteiger partial charge in [0, 0.05) is 49.1 Å². The molecule has 0 spiro atoms. The van der Waals surface area contributed by atoms with E-state index in [0.29, 0.717) is 58.4 Å². The number of ether oxygens (including phenoxy) is 4. The Morgan fingerprint density at radius 1 is 0.814 bits per heavy atom. The van der Waals surface area contributed by atoms with E-state index in [1.54, 1.807) is 48.1 Å². The zero-order valence-electron chi connectivity index (χ0n) is 24.2. The number of carbonyl (C=O) groups is 3. The molecule has 5 rings (SSSR count). The zero-order chi connectivity index (χ0) is 31.1. The number of fused-ring (bicyclic) bond motifs is 2. The van der Waals surface area contributed by atoms with Crippen molar-refractivity contribution in [3.05, 3.63) is 80.4 Å². The summed E-state index contributed by atoms with van der Waals surface area (Å²) < 4.78 is 24.0. The van der Waals surface area contributed by atoms with Crippen LogP contribution in [0.25, 0.3) is 21.8 Å². The molecule has 13 nitrogen and oxygen atoms in total. The van der Waals surface area contributed by atoms with Crippen LogP contribution in [0.15, 0.2) is 58.1 Å². The number of aromatic nitrogens is 2. The number of rotatable bonds is 8. The third-order valence-corrected chi connectivity index (χ3v) is 6.86. The molecular formula is C30H32N4O9. The van der Waals surface area contributed by atoms with Crippen LogP contribution in [0.5, 0.6) is 11.5 Å². The lowest BCUT2D eigenvalue weighted by Gasteiger charge is -2.16. The van der Waals surface area contributed by atoms with E-state index < -0.39 is 11.8 Å². The number of nitrogens with zero attached hydrogens (tertiary/aromatic N) is 2. The second-order valence-corrected chi connectivity index (χ2v) is 9.28. The second-order valence-electron chi connectivity index (χ2n) is 9.28. The number of aldehydes is 1. The Kier molecular flexibility index (Phi) is 9.91. The van der Waals surface area contributed by atoms with Gasteiger partial charge in [0.15, 0.2) is 6.29 Å². The van der Waals surface area contributed by atoms with Crippen LogP contribution in [0.2, 0.25) is 0 Å². The monoisotopic (exact) mass is 592 g/mol. The number of amides is 2. The van der Waals surface area contributed by atoms with E-state index in [0.717, 1.165) is 0 Å². The van der Waals surface area contributed by atoms with E-state index in [1.807, 2.05) is 0 Å². The molecule has 0 aliphatic carbocycles. The van der Waals surface area contributed by atoms with E-state index in [9.17, 15) is 24.0 Å². The molecule has 1 saturated heterocycles. The number of pyridine rings is 2. The lowest BCUT2D eigenvalue weighted by Crippen LogP contribution is -2.29. The minimum Gasteiger partial charge on any atom is -0.497 e. The normalized spacial score (nSPS) is 12.8. The molecule has 1 aliphatic rings. The molecule has 0 radical (unpaired) electrons. The molecule has 2 aromatic heterocycles. The Balaban J connectivity index is 0.000000199. The van der Waals surface area contributed by atoms with Gasteiger partial charge in [-0.15, -0.1) is 0 Å². The van der Waals surface area contributed by atoms with Gasteiger partial charge in [-0.3, -0.25) is 19.2 Å². The Morgan fingerprint density at radius 3 is 1.72 bits per heavy atom. The second kappa shape index (κ2) is 13.8. The first kappa shape index (κ1) is 30.9. The van der Waals surface area contributed by atoms with E-state index in [1.165, 1.54) is 37.9 Å². The van der Waals surface area contributed by atoms with Crippen molar-refractivity contribution in [2.24, 2.45) is 0 Å². The van der Waals surface area contributed by atoms with Crippen molar-refractivity contribution in [3.8, 4) is 11.5 Å². The highest BCUT2D eigenvalue weighted by Crippen LogP contribution is 2.24. The van der Waals surface area contributed by atoms with Gasteiger partial charge in [0.2, 0.25) is 0 Å². The molecule has 1 fully saturated rings. The van der Waals surface area contributed by atoms with Gasteiger partial charge in [-0.2, -0.15) is 0 Å². The third-order valence-electron chi connectivity index (χ3n) is 6.86. The highest BCUT2D eigenvalue weighted by atomic mass is 16.7. The van der Waals surface area contributed by atoms with E-state index in [2.05, 4.69) is 10.6 Å². The third kappa shape index (κ3) is 6.58. The molecule has 0 saturated carbocycles. The summed E-state index contributed by atoms with van der Waals surface area (Å²) in [6, 6.07) is 12.9. The summed E-state index contributed by atoms with van der Waals surface area (Å²) in [5.41, 5.74) is 1.01. The first-order valence-corrected chi connectivity index (χ1v) is 13.3. The Labute approximate surface area is 245 Å². The summed E-state index contributed by atoms with van der Waals surface area (Å²) in [4.78, 5) is 59.2. The topological polar surface area (TPSA) is 156 Å². The van der Waals surface area contributed by atoms with Crippen molar-refractivity contribution >= 4 is 39.9 Å². The van der Waals surface area contributed by atoms with E-state index in [-0.39, 0.29) is 36.0 Å². The van der Waals surface area contributed by atoms with Crippen LogP contribution in [0, 0.1) is 0 Å². The Hall–Kier alpha value is -5.01. The molecule has 13 heteroatoms. The van der Waals surface area contributed by atoms with Gasteiger partial charge in [-0.1, -0.05) is 0 Å². The summed E-state index contributed by atoms with van der Waals surface area (Å²) in [6.07, 6.45) is 0.174. The minimum absolute atomic E-state index is 0.0729. The highest BCUT2D eigenvalue weighted by molar-refractivity contribution is 6.07. The van der Waals surface area contributed by atoms with E-state index >= 15 is 0 Å². The maximum Gasteiger partial charge on any atom is 0.252 e. The standard InChI is InChI=1S/C16H18N2O5.C14H14N2O4/c1-17-16(20)12-8-14(19)18(9-15-22-5-6-23-15)13-7-10(21-2)3-4-11(12)13;1-15-14(19)11-8-13(18)16(5-6-17)12-7-9(20-2)3-4-10(11)12/h3-4,7-8,15H,5-6,9H2,1-2H3,(H,17,20);3-4,6-8H,5H2,1-2H3,(H,15,19). The lowest BCUT2D eigenvalue weighted by molar-refractivity contribution is -0.108. The molecule has 2 N–H and O–H groups in total.